The normalized spacial score (nSPS) is 19.7. The molecule has 0 aromatic heterocycles. The average Bonchev–Trinajstić information content (AvgIpc) is 2.66. The zero-order valence-corrected chi connectivity index (χ0v) is 17.6. The zero-order valence-electron chi connectivity index (χ0n) is 17.6. The fraction of sp³-hybridized carbons (Fsp3) is 0.524. The highest BCUT2D eigenvalue weighted by molar-refractivity contribution is 5.98. The number of hydrogen-bond donors (Lipinski definition) is 0. The molecule has 0 unspecified atom stereocenters. The lowest BCUT2D eigenvalue weighted by molar-refractivity contribution is -0.137. The third kappa shape index (κ3) is 4.47. The van der Waals surface area contributed by atoms with Gasteiger partial charge < -0.3 is 9.80 Å². The molecule has 2 aliphatic heterocycles. The molecule has 0 atom stereocenters. The number of hydrazone groups is 1. The summed E-state index contributed by atoms with van der Waals surface area (Å²) < 4.78 is 40.1. The first-order valence-corrected chi connectivity index (χ1v) is 9.87. The second-order valence-electron chi connectivity index (χ2n) is 7.77. The van der Waals surface area contributed by atoms with Crippen LogP contribution in [0.15, 0.2) is 33.9 Å². The standard InChI is InChI=1S/C21H28F3N5/c1-6-15(4)19-17-13-16(21(22,23)24)7-8-18(17)25-20(29(19)26-14(2)3)28-11-9-27(5)10-12-28/h7-8,13H,6,9-12H2,1-5H3. The van der Waals surface area contributed by atoms with Crippen LogP contribution in [0.2, 0.25) is 0 Å². The minimum absolute atomic E-state index is 0.474. The summed E-state index contributed by atoms with van der Waals surface area (Å²) in [5.41, 5.74) is 2.82. The molecule has 1 aromatic carbocycles. The molecule has 0 N–H and O–H groups in total. The molecule has 5 nitrogen and oxygen atoms in total. The van der Waals surface area contributed by atoms with E-state index in [0.29, 0.717) is 29.3 Å². The highest BCUT2D eigenvalue weighted by atomic mass is 19.4. The molecule has 0 aliphatic carbocycles. The van der Waals surface area contributed by atoms with Crippen LogP contribution in [0.1, 0.15) is 45.2 Å². The lowest BCUT2D eigenvalue weighted by Gasteiger charge is -2.40. The summed E-state index contributed by atoms with van der Waals surface area (Å²) in [6, 6.07) is 3.77. The summed E-state index contributed by atoms with van der Waals surface area (Å²) in [7, 11) is 2.08. The van der Waals surface area contributed by atoms with Gasteiger partial charge in [0.15, 0.2) is 0 Å². The van der Waals surface area contributed by atoms with E-state index in [1.807, 2.05) is 27.7 Å². The predicted molar refractivity (Wildman–Crippen MR) is 111 cm³/mol. The van der Waals surface area contributed by atoms with Crippen molar-refractivity contribution in [3.05, 3.63) is 34.9 Å². The van der Waals surface area contributed by atoms with Crippen LogP contribution in [0, 0.1) is 0 Å². The third-order valence-corrected chi connectivity index (χ3v) is 5.22. The maximum Gasteiger partial charge on any atom is 0.416 e. The molecule has 3 rings (SSSR count). The van der Waals surface area contributed by atoms with E-state index < -0.39 is 11.7 Å². The smallest absolute Gasteiger partial charge is 0.338 e. The molecular weight excluding hydrogens is 379 g/mol. The molecule has 0 saturated carbocycles. The largest absolute Gasteiger partial charge is 0.416 e. The molecule has 1 saturated heterocycles. The summed E-state index contributed by atoms with van der Waals surface area (Å²) in [5.74, 6) is 0.675. The molecule has 0 spiro atoms. The van der Waals surface area contributed by atoms with Gasteiger partial charge in [0, 0.05) is 37.5 Å². The van der Waals surface area contributed by atoms with Crippen molar-refractivity contribution in [2.45, 2.75) is 40.3 Å². The van der Waals surface area contributed by atoms with Crippen molar-refractivity contribution >= 4 is 23.1 Å². The molecule has 2 heterocycles. The topological polar surface area (TPSA) is 34.4 Å². The number of halogens is 3. The number of rotatable bonds is 2. The second kappa shape index (κ2) is 8.18. The number of hydrogen-bond acceptors (Lipinski definition) is 5. The molecule has 29 heavy (non-hydrogen) atoms. The van der Waals surface area contributed by atoms with Gasteiger partial charge in [-0.15, -0.1) is 0 Å². The second-order valence-corrected chi connectivity index (χ2v) is 7.77. The zero-order chi connectivity index (χ0) is 21.3. The van der Waals surface area contributed by atoms with E-state index in [-0.39, 0.29) is 0 Å². The molecule has 158 valence electrons. The van der Waals surface area contributed by atoms with Crippen molar-refractivity contribution in [2.75, 3.05) is 33.2 Å². The van der Waals surface area contributed by atoms with Gasteiger partial charge in [0.1, 0.15) is 0 Å². The van der Waals surface area contributed by atoms with Crippen LogP contribution >= 0.6 is 0 Å². The van der Waals surface area contributed by atoms with E-state index >= 15 is 0 Å². The number of nitrogens with zero attached hydrogens (tertiary/aromatic N) is 5. The summed E-state index contributed by atoms with van der Waals surface area (Å²) in [6.45, 7) is 11.1. The Morgan fingerprint density at radius 3 is 2.31 bits per heavy atom. The van der Waals surface area contributed by atoms with Crippen molar-refractivity contribution in [2.24, 2.45) is 10.1 Å². The molecule has 0 radical (unpaired) electrons. The lowest BCUT2D eigenvalue weighted by atomic mass is 9.99. The molecule has 0 amide bonds. The van der Waals surface area contributed by atoms with Gasteiger partial charge in [0.05, 0.1) is 16.9 Å². The minimum Gasteiger partial charge on any atom is -0.338 e. The quantitative estimate of drug-likeness (QED) is 0.661. The molecular formula is C21H28F3N5. The Morgan fingerprint density at radius 1 is 1.10 bits per heavy atom. The summed E-state index contributed by atoms with van der Waals surface area (Å²) in [5, 5.41) is 6.42. The number of fused-ring (bicyclic) bond motifs is 1. The number of guanidine groups is 1. The minimum atomic E-state index is -4.41. The van der Waals surface area contributed by atoms with Gasteiger partial charge in [-0.05, 0) is 58.0 Å². The monoisotopic (exact) mass is 407 g/mol. The average molecular weight is 407 g/mol. The fourth-order valence-corrected chi connectivity index (χ4v) is 3.45. The molecule has 1 aromatic rings. The van der Waals surface area contributed by atoms with Crippen LogP contribution in [0.25, 0.3) is 5.70 Å². The Kier molecular flexibility index (Phi) is 6.03. The Labute approximate surface area is 170 Å². The van der Waals surface area contributed by atoms with Gasteiger partial charge in [-0.1, -0.05) is 6.92 Å². The van der Waals surface area contributed by atoms with Crippen molar-refractivity contribution < 1.29 is 13.2 Å². The molecule has 0 bridgehead atoms. The number of benzene rings is 1. The SMILES string of the molecule is CCC(C)=C1c2cc(C(F)(F)F)ccc2N=C(N2CCN(C)CC2)N1N=C(C)C. The van der Waals surface area contributed by atoms with E-state index in [1.165, 1.54) is 12.1 Å². The van der Waals surface area contributed by atoms with Crippen molar-refractivity contribution in [3.63, 3.8) is 0 Å². The Morgan fingerprint density at radius 2 is 1.76 bits per heavy atom. The van der Waals surface area contributed by atoms with E-state index in [1.54, 1.807) is 5.01 Å². The Balaban J connectivity index is 2.21. The highest BCUT2D eigenvalue weighted by Gasteiger charge is 2.35. The van der Waals surface area contributed by atoms with Crippen LogP contribution in [-0.2, 0) is 6.18 Å². The van der Waals surface area contributed by atoms with E-state index in [0.717, 1.165) is 43.5 Å². The maximum absolute atomic E-state index is 13.4. The Bertz CT molecular complexity index is 858. The fourth-order valence-electron chi connectivity index (χ4n) is 3.45. The number of aliphatic imine (C=N–C) groups is 1. The first kappa shape index (κ1) is 21.4. The van der Waals surface area contributed by atoms with Crippen LogP contribution in [-0.4, -0.2) is 59.7 Å². The Hall–Kier alpha value is -2.35. The van der Waals surface area contributed by atoms with Crippen molar-refractivity contribution in [1.29, 1.82) is 0 Å². The summed E-state index contributed by atoms with van der Waals surface area (Å²) >= 11 is 0. The van der Waals surface area contributed by atoms with Crippen molar-refractivity contribution in [3.8, 4) is 0 Å². The number of likely N-dealkylation sites (N-methyl/N-ethyl adjacent to an activating group) is 1. The highest BCUT2D eigenvalue weighted by Crippen LogP contribution is 2.41. The maximum atomic E-state index is 13.4. The van der Waals surface area contributed by atoms with Crippen molar-refractivity contribution in [1.82, 2.24) is 14.8 Å². The van der Waals surface area contributed by atoms with Gasteiger partial charge in [0.25, 0.3) is 0 Å². The first-order chi connectivity index (χ1) is 13.6. The molecule has 1 fully saturated rings. The van der Waals surface area contributed by atoms with E-state index in [9.17, 15) is 13.2 Å². The number of alkyl halides is 3. The van der Waals surface area contributed by atoms with E-state index in [4.69, 9.17) is 4.99 Å². The predicted octanol–water partition coefficient (Wildman–Crippen LogP) is 4.79. The van der Waals surface area contributed by atoms with Gasteiger partial charge in [-0.2, -0.15) is 23.3 Å². The van der Waals surface area contributed by atoms with Gasteiger partial charge in [-0.25, -0.2) is 4.99 Å². The molecule has 8 heteroatoms. The van der Waals surface area contributed by atoms with Crippen LogP contribution in [0.4, 0.5) is 18.9 Å². The van der Waals surface area contributed by atoms with Gasteiger partial charge >= 0.3 is 6.18 Å². The third-order valence-electron chi connectivity index (χ3n) is 5.22. The summed E-state index contributed by atoms with van der Waals surface area (Å²) in [4.78, 5) is 9.17. The van der Waals surface area contributed by atoms with Crippen LogP contribution in [0.5, 0.6) is 0 Å². The number of allylic oxidation sites excluding steroid dienone is 1. The number of piperazine rings is 1. The van der Waals surface area contributed by atoms with Crippen LogP contribution in [0.3, 0.4) is 0 Å². The lowest BCUT2D eigenvalue weighted by Crippen LogP contribution is -2.51. The van der Waals surface area contributed by atoms with Crippen LogP contribution < -0.4 is 0 Å². The summed E-state index contributed by atoms with van der Waals surface area (Å²) in [6.07, 6.45) is -3.70. The van der Waals surface area contributed by atoms with Gasteiger partial charge in [0.2, 0.25) is 5.96 Å². The van der Waals surface area contributed by atoms with E-state index in [2.05, 4.69) is 21.9 Å². The first-order valence-electron chi connectivity index (χ1n) is 9.87. The van der Waals surface area contributed by atoms with Gasteiger partial charge in [-0.3, -0.25) is 0 Å². The molecule has 2 aliphatic rings.